The number of hydrogen-bond donors (Lipinski definition) is 1. The van der Waals surface area contributed by atoms with Crippen LogP contribution in [0.4, 0.5) is 4.79 Å². The van der Waals surface area contributed by atoms with Gasteiger partial charge in [0.1, 0.15) is 12.1 Å². The summed E-state index contributed by atoms with van der Waals surface area (Å²) >= 11 is 0. The van der Waals surface area contributed by atoms with E-state index in [-0.39, 0.29) is 12.0 Å². The lowest BCUT2D eigenvalue weighted by molar-refractivity contribution is -0.141. The van der Waals surface area contributed by atoms with Crippen LogP contribution in [0.2, 0.25) is 0 Å². The summed E-state index contributed by atoms with van der Waals surface area (Å²) in [7, 11) is 0. The van der Waals surface area contributed by atoms with E-state index in [4.69, 9.17) is 9.84 Å². The summed E-state index contributed by atoms with van der Waals surface area (Å²) in [5.74, 6) is -0.795. The second-order valence-corrected chi connectivity index (χ2v) is 3.83. The van der Waals surface area contributed by atoms with Crippen LogP contribution in [0.1, 0.15) is 20.8 Å². The van der Waals surface area contributed by atoms with Gasteiger partial charge in [0, 0.05) is 0 Å². The molecule has 0 aromatic rings. The van der Waals surface area contributed by atoms with E-state index < -0.39 is 18.1 Å². The molecule has 1 fully saturated rings. The average Bonchev–Trinajstić information content (AvgIpc) is 2.46. The van der Waals surface area contributed by atoms with Crippen LogP contribution >= 0.6 is 0 Å². The highest BCUT2D eigenvalue weighted by Crippen LogP contribution is 2.19. The van der Waals surface area contributed by atoms with Gasteiger partial charge in [0.05, 0.1) is 6.54 Å². The van der Waals surface area contributed by atoms with Gasteiger partial charge in [-0.25, -0.2) is 9.59 Å². The fourth-order valence-corrected chi connectivity index (χ4v) is 1.30. The highest BCUT2D eigenvalue weighted by molar-refractivity contribution is 5.80. The average molecular weight is 201 g/mol. The van der Waals surface area contributed by atoms with Crippen LogP contribution in [0.25, 0.3) is 0 Å². The summed E-state index contributed by atoms with van der Waals surface area (Å²) in [4.78, 5) is 23.2. The quantitative estimate of drug-likeness (QED) is 0.737. The Morgan fingerprint density at radius 2 is 2.14 bits per heavy atom. The van der Waals surface area contributed by atoms with Crippen LogP contribution in [0.3, 0.4) is 0 Å². The molecule has 1 saturated heterocycles. The van der Waals surface area contributed by atoms with Crippen molar-refractivity contribution in [2.45, 2.75) is 32.9 Å². The van der Waals surface area contributed by atoms with E-state index in [9.17, 15) is 9.59 Å². The minimum Gasteiger partial charge on any atom is -0.480 e. The normalized spacial score (nSPS) is 23.9. The number of hydrogen-bond acceptors (Lipinski definition) is 3. The lowest BCUT2D eigenvalue weighted by Crippen LogP contribution is -2.40. The van der Waals surface area contributed by atoms with E-state index in [1.807, 2.05) is 13.8 Å². The zero-order chi connectivity index (χ0) is 10.9. The second kappa shape index (κ2) is 3.86. The highest BCUT2D eigenvalue weighted by atomic mass is 16.6. The van der Waals surface area contributed by atoms with E-state index in [0.29, 0.717) is 6.54 Å². The fourth-order valence-electron chi connectivity index (χ4n) is 1.30. The molecule has 0 aromatic carbocycles. The van der Waals surface area contributed by atoms with Crippen molar-refractivity contribution in [2.24, 2.45) is 5.92 Å². The monoisotopic (exact) mass is 201 g/mol. The number of ether oxygens (including phenoxy) is 1. The first kappa shape index (κ1) is 10.8. The molecule has 0 aromatic heterocycles. The van der Waals surface area contributed by atoms with Crippen molar-refractivity contribution >= 4 is 12.1 Å². The zero-order valence-electron chi connectivity index (χ0n) is 8.56. The number of aliphatic carboxylic acids is 1. The van der Waals surface area contributed by atoms with Gasteiger partial charge in [-0.2, -0.15) is 0 Å². The first-order chi connectivity index (χ1) is 6.43. The van der Waals surface area contributed by atoms with Gasteiger partial charge in [-0.05, 0) is 12.8 Å². The molecule has 1 rings (SSSR count). The zero-order valence-corrected chi connectivity index (χ0v) is 8.56. The van der Waals surface area contributed by atoms with Gasteiger partial charge in [-0.1, -0.05) is 13.8 Å². The van der Waals surface area contributed by atoms with Crippen LogP contribution in [0.5, 0.6) is 0 Å². The molecule has 1 N–H and O–H groups in total. The Balaban J connectivity index is 2.65. The first-order valence-corrected chi connectivity index (χ1v) is 4.63. The maximum Gasteiger partial charge on any atom is 0.410 e. The molecule has 5 heteroatoms. The van der Waals surface area contributed by atoms with Gasteiger partial charge in [0.25, 0.3) is 0 Å². The summed E-state index contributed by atoms with van der Waals surface area (Å²) in [5, 5.41) is 8.74. The van der Waals surface area contributed by atoms with Crippen molar-refractivity contribution in [3.8, 4) is 0 Å². The van der Waals surface area contributed by atoms with Crippen molar-refractivity contribution in [1.82, 2.24) is 4.90 Å². The standard InChI is InChI=1S/C9H15NO4/c1-5(2)7-4-10(9(13)14-7)6(3)8(11)12/h5-7H,4H2,1-3H3,(H,11,12). The number of carbonyl (C=O) groups is 2. The predicted octanol–water partition coefficient (Wildman–Crippen LogP) is 0.936. The molecular formula is C9H15NO4. The van der Waals surface area contributed by atoms with E-state index >= 15 is 0 Å². The SMILES string of the molecule is CC(C)C1CN(C(C)C(=O)O)C(=O)O1. The summed E-state index contributed by atoms with van der Waals surface area (Å²) in [6, 6.07) is -0.814. The van der Waals surface area contributed by atoms with Crippen molar-refractivity contribution in [3.63, 3.8) is 0 Å². The molecule has 0 saturated carbocycles. The maximum absolute atomic E-state index is 11.3. The molecule has 80 valence electrons. The number of amides is 1. The molecule has 1 aliphatic heterocycles. The summed E-state index contributed by atoms with van der Waals surface area (Å²) in [5.41, 5.74) is 0. The largest absolute Gasteiger partial charge is 0.480 e. The third kappa shape index (κ3) is 1.97. The van der Waals surface area contributed by atoms with E-state index in [1.54, 1.807) is 0 Å². The molecule has 0 aliphatic carbocycles. The van der Waals surface area contributed by atoms with Crippen LogP contribution in [0, 0.1) is 5.92 Å². The van der Waals surface area contributed by atoms with Crippen molar-refractivity contribution in [2.75, 3.05) is 6.54 Å². The minimum absolute atomic E-state index is 0.190. The topological polar surface area (TPSA) is 66.8 Å². The summed E-state index contributed by atoms with van der Waals surface area (Å²) in [6.07, 6.45) is -0.720. The number of carboxylic acids is 1. The molecule has 1 heterocycles. The molecule has 0 bridgehead atoms. The summed E-state index contributed by atoms with van der Waals surface area (Å²) < 4.78 is 5.03. The predicted molar refractivity (Wildman–Crippen MR) is 48.9 cm³/mol. The molecule has 5 nitrogen and oxygen atoms in total. The number of carboxylic acid groups (broad SMARTS) is 1. The van der Waals surface area contributed by atoms with Gasteiger partial charge < -0.3 is 9.84 Å². The lowest BCUT2D eigenvalue weighted by atomic mass is 10.1. The molecule has 0 spiro atoms. The smallest absolute Gasteiger partial charge is 0.410 e. The Kier molecular flexibility index (Phi) is 2.98. The molecule has 2 unspecified atom stereocenters. The summed E-state index contributed by atoms with van der Waals surface area (Å²) in [6.45, 7) is 5.72. The molecule has 14 heavy (non-hydrogen) atoms. The minimum atomic E-state index is -1.01. The Morgan fingerprint density at radius 3 is 2.50 bits per heavy atom. The number of cyclic esters (lactones) is 1. The second-order valence-electron chi connectivity index (χ2n) is 3.83. The van der Waals surface area contributed by atoms with Gasteiger partial charge in [-0.3, -0.25) is 4.90 Å². The Labute approximate surface area is 82.6 Å². The number of nitrogens with zero attached hydrogens (tertiary/aromatic N) is 1. The number of rotatable bonds is 3. The molecular weight excluding hydrogens is 186 g/mol. The Bertz CT molecular complexity index is 251. The molecule has 0 radical (unpaired) electrons. The first-order valence-electron chi connectivity index (χ1n) is 4.63. The van der Waals surface area contributed by atoms with Crippen molar-refractivity contribution < 1.29 is 19.4 Å². The van der Waals surface area contributed by atoms with E-state index in [1.165, 1.54) is 11.8 Å². The van der Waals surface area contributed by atoms with E-state index in [0.717, 1.165) is 0 Å². The van der Waals surface area contributed by atoms with Crippen LogP contribution in [0.15, 0.2) is 0 Å². The van der Waals surface area contributed by atoms with Gasteiger partial charge in [-0.15, -0.1) is 0 Å². The molecule has 1 amide bonds. The fraction of sp³-hybridized carbons (Fsp3) is 0.778. The van der Waals surface area contributed by atoms with Crippen molar-refractivity contribution in [1.29, 1.82) is 0 Å². The number of carbonyl (C=O) groups excluding carboxylic acids is 1. The van der Waals surface area contributed by atoms with E-state index in [2.05, 4.69) is 0 Å². The highest BCUT2D eigenvalue weighted by Gasteiger charge is 2.38. The Hall–Kier alpha value is -1.26. The van der Waals surface area contributed by atoms with Gasteiger partial charge in [0.15, 0.2) is 0 Å². The third-order valence-electron chi connectivity index (χ3n) is 2.43. The molecule has 1 aliphatic rings. The van der Waals surface area contributed by atoms with Crippen LogP contribution in [-0.4, -0.2) is 40.8 Å². The maximum atomic E-state index is 11.3. The molecule has 2 atom stereocenters. The van der Waals surface area contributed by atoms with Crippen molar-refractivity contribution in [3.05, 3.63) is 0 Å². The van der Waals surface area contributed by atoms with Gasteiger partial charge >= 0.3 is 12.1 Å². The van der Waals surface area contributed by atoms with Gasteiger partial charge in [0.2, 0.25) is 0 Å². The third-order valence-corrected chi connectivity index (χ3v) is 2.43. The lowest BCUT2D eigenvalue weighted by Gasteiger charge is -2.17. The van der Waals surface area contributed by atoms with Crippen LogP contribution < -0.4 is 0 Å². The Morgan fingerprint density at radius 1 is 1.57 bits per heavy atom. The van der Waals surface area contributed by atoms with Crippen LogP contribution in [-0.2, 0) is 9.53 Å².